The Labute approximate surface area is 138 Å². The second-order valence-electron chi connectivity index (χ2n) is 6.66. The monoisotopic (exact) mass is 326 g/mol. The van der Waals surface area contributed by atoms with Crippen LogP contribution < -0.4 is 16.3 Å². The number of benzene rings is 1. The van der Waals surface area contributed by atoms with Crippen LogP contribution in [0.15, 0.2) is 39.7 Å². The Morgan fingerprint density at radius 1 is 1.29 bits per heavy atom. The molecule has 4 rings (SSSR count). The number of hydrogen-bond acceptors (Lipinski definition) is 4. The van der Waals surface area contributed by atoms with Crippen molar-refractivity contribution in [1.82, 2.24) is 10.6 Å². The van der Waals surface area contributed by atoms with Crippen LogP contribution in [0, 0.1) is 5.92 Å². The maximum Gasteiger partial charge on any atom is 0.343 e. The Kier molecular flexibility index (Phi) is 3.40. The minimum Gasteiger partial charge on any atom is -0.430 e. The molecule has 1 aromatic heterocycles. The lowest BCUT2D eigenvalue weighted by Gasteiger charge is -2.29. The highest BCUT2D eigenvalue weighted by Gasteiger charge is 2.49. The van der Waals surface area contributed by atoms with E-state index in [9.17, 15) is 14.4 Å². The van der Waals surface area contributed by atoms with Crippen molar-refractivity contribution in [3.8, 4) is 0 Å². The molecule has 2 atom stereocenters. The third-order valence-corrected chi connectivity index (χ3v) is 5.31. The number of hydrogen-bond donors (Lipinski definition) is 2. The number of nitrogens with one attached hydrogen (secondary N) is 2. The molecule has 2 unspecified atom stereocenters. The highest BCUT2D eigenvalue weighted by molar-refractivity contribution is 6.06. The molecule has 2 fully saturated rings. The van der Waals surface area contributed by atoms with Crippen LogP contribution in [0.4, 0.5) is 0 Å². The van der Waals surface area contributed by atoms with Crippen LogP contribution in [0.2, 0.25) is 0 Å². The van der Waals surface area contributed by atoms with E-state index in [1.54, 1.807) is 24.3 Å². The van der Waals surface area contributed by atoms with Crippen molar-refractivity contribution in [3.63, 3.8) is 0 Å². The number of rotatable bonds is 3. The average molecular weight is 326 g/mol. The number of amides is 2. The second-order valence-corrected chi connectivity index (χ2v) is 6.66. The van der Waals surface area contributed by atoms with Crippen LogP contribution in [0.5, 0.6) is 0 Å². The van der Waals surface area contributed by atoms with Crippen molar-refractivity contribution in [2.24, 2.45) is 5.92 Å². The Balaban J connectivity index is 1.58. The Hall–Kier alpha value is -2.63. The predicted molar refractivity (Wildman–Crippen MR) is 87.6 cm³/mol. The normalized spacial score (nSPS) is 25.5. The lowest BCUT2D eigenvalue weighted by atomic mass is 9.89. The van der Waals surface area contributed by atoms with Crippen molar-refractivity contribution in [3.05, 3.63) is 46.5 Å². The Bertz CT molecular complexity index is 888. The fourth-order valence-electron chi connectivity index (χ4n) is 4.08. The molecule has 2 heterocycles. The fourth-order valence-corrected chi connectivity index (χ4v) is 4.08. The molecule has 0 radical (unpaired) electrons. The molecule has 1 aromatic carbocycles. The van der Waals surface area contributed by atoms with Gasteiger partial charge in [-0.1, -0.05) is 24.6 Å². The lowest BCUT2D eigenvalue weighted by molar-refractivity contribution is -0.120. The second kappa shape index (κ2) is 5.47. The SMILES string of the molecule is O=C1CC2CCCC2(CNC(=O)c2coc(=O)c3ccccc23)N1. The van der Waals surface area contributed by atoms with E-state index in [2.05, 4.69) is 10.6 Å². The van der Waals surface area contributed by atoms with Gasteiger partial charge in [0.2, 0.25) is 5.91 Å². The predicted octanol–water partition coefficient (Wildman–Crippen LogP) is 1.58. The zero-order valence-corrected chi connectivity index (χ0v) is 13.1. The molecule has 2 N–H and O–H groups in total. The van der Waals surface area contributed by atoms with Gasteiger partial charge in [-0.15, -0.1) is 0 Å². The summed E-state index contributed by atoms with van der Waals surface area (Å²) in [4.78, 5) is 36.1. The molecule has 1 aliphatic carbocycles. The minimum absolute atomic E-state index is 0.0603. The molecular formula is C18H18N2O4. The van der Waals surface area contributed by atoms with Crippen molar-refractivity contribution in [2.75, 3.05) is 6.54 Å². The van der Waals surface area contributed by atoms with Gasteiger partial charge in [0.25, 0.3) is 5.91 Å². The van der Waals surface area contributed by atoms with E-state index >= 15 is 0 Å². The van der Waals surface area contributed by atoms with Gasteiger partial charge in [0, 0.05) is 18.4 Å². The van der Waals surface area contributed by atoms with Crippen LogP contribution in [-0.4, -0.2) is 23.9 Å². The molecular weight excluding hydrogens is 308 g/mol. The molecule has 1 saturated carbocycles. The first kappa shape index (κ1) is 14.9. The fraction of sp³-hybridized carbons (Fsp3) is 0.389. The lowest BCUT2D eigenvalue weighted by Crippen LogP contribution is -2.52. The summed E-state index contributed by atoms with van der Waals surface area (Å²) in [7, 11) is 0. The first-order valence-electron chi connectivity index (χ1n) is 8.19. The summed E-state index contributed by atoms with van der Waals surface area (Å²) in [6, 6.07) is 6.88. The largest absolute Gasteiger partial charge is 0.430 e. The van der Waals surface area contributed by atoms with Gasteiger partial charge in [-0.3, -0.25) is 9.59 Å². The molecule has 0 bridgehead atoms. The molecule has 6 heteroatoms. The molecule has 1 saturated heterocycles. The van der Waals surface area contributed by atoms with E-state index in [4.69, 9.17) is 4.42 Å². The summed E-state index contributed by atoms with van der Waals surface area (Å²) in [6.07, 6.45) is 4.70. The average Bonchev–Trinajstić information content (AvgIpc) is 3.09. The topological polar surface area (TPSA) is 88.4 Å². The number of fused-ring (bicyclic) bond motifs is 2. The van der Waals surface area contributed by atoms with Crippen LogP contribution >= 0.6 is 0 Å². The van der Waals surface area contributed by atoms with Gasteiger partial charge in [-0.25, -0.2) is 4.79 Å². The highest BCUT2D eigenvalue weighted by atomic mass is 16.4. The molecule has 2 aliphatic rings. The van der Waals surface area contributed by atoms with Gasteiger partial charge in [0.1, 0.15) is 6.26 Å². The van der Waals surface area contributed by atoms with Crippen LogP contribution in [0.3, 0.4) is 0 Å². The van der Waals surface area contributed by atoms with E-state index in [0.29, 0.717) is 29.3 Å². The van der Waals surface area contributed by atoms with E-state index in [0.717, 1.165) is 19.3 Å². The third-order valence-electron chi connectivity index (χ3n) is 5.31. The van der Waals surface area contributed by atoms with Gasteiger partial charge in [-0.05, 0) is 24.8 Å². The van der Waals surface area contributed by atoms with E-state index < -0.39 is 5.63 Å². The molecule has 124 valence electrons. The van der Waals surface area contributed by atoms with Gasteiger partial charge < -0.3 is 15.1 Å². The molecule has 2 aromatic rings. The summed E-state index contributed by atoms with van der Waals surface area (Å²) >= 11 is 0. The first-order valence-corrected chi connectivity index (χ1v) is 8.19. The van der Waals surface area contributed by atoms with Crippen molar-refractivity contribution in [2.45, 2.75) is 31.2 Å². The maximum atomic E-state index is 12.6. The first-order chi connectivity index (χ1) is 11.6. The zero-order chi connectivity index (χ0) is 16.7. The van der Waals surface area contributed by atoms with Crippen molar-refractivity contribution in [1.29, 1.82) is 0 Å². The third kappa shape index (κ3) is 2.29. The molecule has 6 nitrogen and oxygen atoms in total. The molecule has 0 spiro atoms. The Morgan fingerprint density at radius 2 is 2.08 bits per heavy atom. The number of carbonyl (C=O) groups excluding carboxylic acids is 2. The highest BCUT2D eigenvalue weighted by Crippen LogP contribution is 2.41. The summed E-state index contributed by atoms with van der Waals surface area (Å²) in [5, 5.41) is 6.93. The zero-order valence-electron chi connectivity index (χ0n) is 13.1. The quantitative estimate of drug-likeness (QED) is 0.896. The van der Waals surface area contributed by atoms with Crippen LogP contribution in [0.25, 0.3) is 10.8 Å². The molecule has 24 heavy (non-hydrogen) atoms. The van der Waals surface area contributed by atoms with Gasteiger partial charge in [0.05, 0.1) is 16.5 Å². The number of carbonyl (C=O) groups is 2. The van der Waals surface area contributed by atoms with Crippen molar-refractivity contribution < 1.29 is 14.0 Å². The van der Waals surface area contributed by atoms with Gasteiger partial charge >= 0.3 is 5.63 Å². The molecule has 1 aliphatic heterocycles. The minimum atomic E-state index is -0.459. The molecule has 2 amide bonds. The standard InChI is InChI=1S/C18H18N2O4/c21-15-8-11-4-3-7-18(11,20-15)10-19-16(22)14-9-24-17(23)13-6-2-1-5-12(13)14/h1-2,5-6,9,11H,3-4,7-8,10H2,(H,19,22)(H,20,21). The summed E-state index contributed by atoms with van der Waals surface area (Å²) in [6.45, 7) is 0.399. The van der Waals surface area contributed by atoms with Gasteiger partial charge in [0.15, 0.2) is 0 Å². The summed E-state index contributed by atoms with van der Waals surface area (Å²) in [5.74, 6) is 0.0528. The maximum absolute atomic E-state index is 12.6. The van der Waals surface area contributed by atoms with E-state index in [1.807, 2.05) is 0 Å². The van der Waals surface area contributed by atoms with Crippen LogP contribution in [0.1, 0.15) is 36.0 Å². The summed E-state index contributed by atoms with van der Waals surface area (Å²) in [5.41, 5.74) is -0.446. The Morgan fingerprint density at radius 3 is 2.92 bits per heavy atom. The van der Waals surface area contributed by atoms with E-state index in [1.165, 1.54) is 6.26 Å². The van der Waals surface area contributed by atoms with Crippen molar-refractivity contribution >= 4 is 22.6 Å². The summed E-state index contributed by atoms with van der Waals surface area (Å²) < 4.78 is 4.98. The van der Waals surface area contributed by atoms with Crippen LogP contribution in [-0.2, 0) is 4.79 Å². The van der Waals surface area contributed by atoms with Gasteiger partial charge in [-0.2, -0.15) is 0 Å². The smallest absolute Gasteiger partial charge is 0.343 e. The van der Waals surface area contributed by atoms with E-state index in [-0.39, 0.29) is 23.3 Å².